The molecule has 0 N–H and O–H groups in total. The minimum absolute atomic E-state index is 1.10. The highest BCUT2D eigenvalue weighted by molar-refractivity contribution is 7.26. The second-order valence-electron chi connectivity index (χ2n) is 14.9. The van der Waals surface area contributed by atoms with Gasteiger partial charge in [-0.15, -0.1) is 11.3 Å². The molecule has 0 saturated carbocycles. The number of rotatable bonds is 7. The molecule has 0 aliphatic heterocycles. The first-order valence-corrected chi connectivity index (χ1v) is 20.6. The van der Waals surface area contributed by atoms with Crippen molar-refractivity contribution >= 4 is 70.1 Å². The summed E-state index contributed by atoms with van der Waals surface area (Å²) in [7, 11) is 0. The van der Waals surface area contributed by atoms with Crippen molar-refractivity contribution in [2.24, 2.45) is 0 Å². The number of thiophene rings is 1. The normalized spacial score (nSPS) is 11.4. The van der Waals surface area contributed by atoms with Crippen LogP contribution in [0.3, 0.4) is 0 Å². The molecular formula is C56H37NS. The Morgan fingerprint density at radius 3 is 1.47 bits per heavy atom. The van der Waals surface area contributed by atoms with E-state index in [1.54, 1.807) is 0 Å². The van der Waals surface area contributed by atoms with E-state index in [0.29, 0.717) is 0 Å². The van der Waals surface area contributed by atoms with E-state index in [-0.39, 0.29) is 0 Å². The van der Waals surface area contributed by atoms with Gasteiger partial charge < -0.3 is 4.90 Å². The molecule has 0 saturated heterocycles. The number of benzene rings is 10. The molecule has 0 spiro atoms. The summed E-state index contributed by atoms with van der Waals surface area (Å²) in [5.74, 6) is 0. The lowest BCUT2D eigenvalue weighted by molar-refractivity contribution is 1.28. The summed E-state index contributed by atoms with van der Waals surface area (Å²) in [5, 5.41) is 7.66. The van der Waals surface area contributed by atoms with Crippen LogP contribution in [0.25, 0.3) is 86.2 Å². The molecule has 1 aromatic heterocycles. The van der Waals surface area contributed by atoms with Crippen molar-refractivity contribution in [3.05, 3.63) is 224 Å². The summed E-state index contributed by atoms with van der Waals surface area (Å²) in [6.07, 6.45) is 0. The fourth-order valence-corrected chi connectivity index (χ4v) is 9.89. The van der Waals surface area contributed by atoms with E-state index in [9.17, 15) is 0 Å². The summed E-state index contributed by atoms with van der Waals surface area (Å²) in [5.41, 5.74) is 13.1. The zero-order chi connectivity index (χ0) is 38.4. The number of hydrogen-bond donors (Lipinski definition) is 0. The van der Waals surface area contributed by atoms with Gasteiger partial charge >= 0.3 is 0 Å². The van der Waals surface area contributed by atoms with Crippen LogP contribution in [0, 0.1) is 0 Å². The number of nitrogens with zero attached hydrogens (tertiary/aromatic N) is 1. The van der Waals surface area contributed by atoms with E-state index in [0.717, 1.165) is 17.1 Å². The maximum Gasteiger partial charge on any atom is 0.0467 e. The first kappa shape index (κ1) is 34.0. The van der Waals surface area contributed by atoms with Crippen LogP contribution < -0.4 is 4.90 Å². The van der Waals surface area contributed by atoms with Crippen molar-refractivity contribution in [3.8, 4) is 44.5 Å². The lowest BCUT2D eigenvalue weighted by atomic mass is 9.95. The van der Waals surface area contributed by atoms with E-state index >= 15 is 0 Å². The Hall–Kier alpha value is -7.26. The van der Waals surface area contributed by atoms with Crippen LogP contribution in [0.1, 0.15) is 0 Å². The molecule has 11 aromatic rings. The number of hydrogen-bond acceptors (Lipinski definition) is 2. The second kappa shape index (κ2) is 14.4. The SMILES string of the molecule is c1cc(-c2ccc(N(c3ccc(-c4cccc5ccccc45)cc3)c3cccc(-c4cccc5c4sc4ccccc45)c3)cc2)cc(-c2cccc3ccccc23)c1. The molecule has 10 aromatic carbocycles. The minimum Gasteiger partial charge on any atom is -0.310 e. The van der Waals surface area contributed by atoms with Gasteiger partial charge in [0.05, 0.1) is 0 Å². The van der Waals surface area contributed by atoms with E-state index in [1.807, 2.05) is 11.3 Å². The topological polar surface area (TPSA) is 3.24 Å². The van der Waals surface area contributed by atoms with Crippen LogP contribution in [0.4, 0.5) is 17.1 Å². The molecule has 2 heteroatoms. The van der Waals surface area contributed by atoms with Crippen LogP contribution in [-0.2, 0) is 0 Å². The van der Waals surface area contributed by atoms with Gasteiger partial charge in [-0.2, -0.15) is 0 Å². The Morgan fingerprint density at radius 1 is 0.276 bits per heavy atom. The predicted molar refractivity (Wildman–Crippen MR) is 251 cm³/mol. The van der Waals surface area contributed by atoms with Crippen LogP contribution >= 0.6 is 11.3 Å². The Morgan fingerprint density at radius 2 is 0.759 bits per heavy atom. The lowest BCUT2D eigenvalue weighted by Gasteiger charge is -2.26. The zero-order valence-corrected chi connectivity index (χ0v) is 32.5. The summed E-state index contributed by atoms with van der Waals surface area (Å²) < 4.78 is 2.64. The highest BCUT2D eigenvalue weighted by atomic mass is 32.1. The molecule has 0 bridgehead atoms. The van der Waals surface area contributed by atoms with Crippen molar-refractivity contribution in [3.63, 3.8) is 0 Å². The summed E-state index contributed by atoms with van der Waals surface area (Å²) in [6, 6.07) is 81.9. The van der Waals surface area contributed by atoms with Gasteiger partial charge in [0.2, 0.25) is 0 Å². The van der Waals surface area contributed by atoms with Crippen LogP contribution in [0.15, 0.2) is 224 Å². The molecule has 0 fully saturated rings. The average molecular weight is 756 g/mol. The maximum absolute atomic E-state index is 2.39. The number of fused-ring (bicyclic) bond motifs is 5. The standard InChI is InChI=1S/C56H37NS/c1-3-20-48-39(12-1)14-9-23-50(48)41-30-34-46(35-31-41)57(47-19-8-18-44(37-47)52-25-11-26-54-53-22-5-6-27-55(53)58-56(52)54)45-32-28-38(29-33-45)42-16-7-17-43(36-42)51-24-10-15-40-13-2-4-21-49(40)51/h1-37H. The molecule has 0 aliphatic rings. The molecule has 272 valence electrons. The van der Waals surface area contributed by atoms with Gasteiger partial charge in [-0.3, -0.25) is 0 Å². The molecule has 58 heavy (non-hydrogen) atoms. The summed E-state index contributed by atoms with van der Waals surface area (Å²) >= 11 is 1.88. The van der Waals surface area contributed by atoms with E-state index in [1.165, 1.54) is 86.2 Å². The molecule has 11 rings (SSSR count). The Kier molecular flexibility index (Phi) is 8.42. The molecular weight excluding hydrogens is 719 g/mol. The average Bonchev–Trinajstić information content (AvgIpc) is 3.68. The Balaban J connectivity index is 1.01. The summed E-state index contributed by atoms with van der Waals surface area (Å²) in [4.78, 5) is 2.39. The Labute approximate surface area is 342 Å². The third kappa shape index (κ3) is 6.03. The third-order valence-electron chi connectivity index (χ3n) is 11.5. The van der Waals surface area contributed by atoms with Gasteiger partial charge in [0.1, 0.15) is 0 Å². The Bertz CT molecular complexity index is 3270. The largest absolute Gasteiger partial charge is 0.310 e. The van der Waals surface area contributed by atoms with Crippen molar-refractivity contribution in [1.29, 1.82) is 0 Å². The highest BCUT2D eigenvalue weighted by Crippen LogP contribution is 2.43. The van der Waals surface area contributed by atoms with Crippen molar-refractivity contribution in [1.82, 2.24) is 0 Å². The fraction of sp³-hybridized carbons (Fsp3) is 0. The molecule has 0 radical (unpaired) electrons. The van der Waals surface area contributed by atoms with Crippen molar-refractivity contribution in [2.45, 2.75) is 0 Å². The third-order valence-corrected chi connectivity index (χ3v) is 12.7. The van der Waals surface area contributed by atoms with Gasteiger partial charge in [0.25, 0.3) is 0 Å². The first-order chi connectivity index (χ1) is 28.7. The van der Waals surface area contributed by atoms with Gasteiger partial charge in [0.15, 0.2) is 0 Å². The quantitative estimate of drug-likeness (QED) is 0.157. The molecule has 1 heterocycles. The van der Waals surface area contributed by atoms with Crippen LogP contribution in [0.5, 0.6) is 0 Å². The monoisotopic (exact) mass is 755 g/mol. The van der Waals surface area contributed by atoms with E-state index in [4.69, 9.17) is 0 Å². The molecule has 0 unspecified atom stereocenters. The lowest BCUT2D eigenvalue weighted by Crippen LogP contribution is -2.10. The minimum atomic E-state index is 1.10. The van der Waals surface area contributed by atoms with Crippen molar-refractivity contribution < 1.29 is 0 Å². The smallest absolute Gasteiger partial charge is 0.0467 e. The van der Waals surface area contributed by atoms with Crippen LogP contribution in [-0.4, -0.2) is 0 Å². The fourth-order valence-electron chi connectivity index (χ4n) is 8.65. The van der Waals surface area contributed by atoms with Gasteiger partial charge in [-0.25, -0.2) is 0 Å². The second-order valence-corrected chi connectivity index (χ2v) is 15.9. The molecule has 0 amide bonds. The van der Waals surface area contributed by atoms with Crippen LogP contribution in [0.2, 0.25) is 0 Å². The van der Waals surface area contributed by atoms with Gasteiger partial charge in [-0.1, -0.05) is 176 Å². The summed E-state index contributed by atoms with van der Waals surface area (Å²) in [6.45, 7) is 0. The van der Waals surface area contributed by atoms with Crippen molar-refractivity contribution in [2.75, 3.05) is 4.90 Å². The zero-order valence-electron chi connectivity index (χ0n) is 31.7. The highest BCUT2D eigenvalue weighted by Gasteiger charge is 2.17. The predicted octanol–water partition coefficient (Wildman–Crippen LogP) is 16.5. The van der Waals surface area contributed by atoms with Gasteiger partial charge in [0, 0.05) is 37.2 Å². The number of anilines is 3. The van der Waals surface area contributed by atoms with E-state index < -0.39 is 0 Å². The maximum atomic E-state index is 2.39. The molecule has 1 nitrogen and oxygen atoms in total. The first-order valence-electron chi connectivity index (χ1n) is 19.8. The van der Waals surface area contributed by atoms with Gasteiger partial charge in [-0.05, 0) is 115 Å². The molecule has 0 aliphatic carbocycles. The van der Waals surface area contributed by atoms with E-state index in [2.05, 4.69) is 229 Å². The molecule has 0 atom stereocenters.